The number of Topliss-reactive ketones (excluding diaryl/α,β-unsaturated/α-hetero) is 1. The van der Waals surface area contributed by atoms with E-state index in [1.54, 1.807) is 17.1 Å². The number of carbonyl (C=O) groups excluding carboxylic acids is 1. The minimum absolute atomic E-state index is 0.0555. The van der Waals surface area contributed by atoms with Crippen LogP contribution < -0.4 is 10.5 Å². The predicted octanol–water partition coefficient (Wildman–Crippen LogP) is 3.98. The lowest BCUT2D eigenvalue weighted by Crippen LogP contribution is -2.45. The van der Waals surface area contributed by atoms with E-state index in [1.807, 2.05) is 43.4 Å². The molecule has 0 amide bonds. The molecule has 0 saturated heterocycles. The molecule has 1 aliphatic carbocycles. The van der Waals surface area contributed by atoms with Crippen LogP contribution in [0, 0.1) is 17.1 Å². The maximum absolute atomic E-state index is 13.1. The molecule has 7 heteroatoms. The Morgan fingerprint density at radius 3 is 2.47 bits per heavy atom. The quantitative estimate of drug-likeness (QED) is 0.770. The third-order valence-electron chi connectivity index (χ3n) is 5.82. The summed E-state index contributed by atoms with van der Waals surface area (Å²) in [5.74, 6) is 0.270. The second kappa shape index (κ2) is 8.85. The molecule has 2 aliphatic rings. The molecular formula is C25H25FN4O2. The first kappa shape index (κ1) is 21.6. The minimum atomic E-state index is -0.495. The highest BCUT2D eigenvalue weighted by Crippen LogP contribution is 2.45. The maximum atomic E-state index is 13.1. The monoisotopic (exact) mass is 432 g/mol. The number of hydrazine groups is 1. The standard InChI is InChI=1S/C25H25FN4O2/c1-29(2)30-21-4-3-5-22(31)24(21)23(20(14-27)25(30)28)17-8-12-19(13-9-17)32-15-16-6-10-18(26)11-7-16/h6-13,23H,3-5,15,28H2,1-2H3. The van der Waals surface area contributed by atoms with E-state index >= 15 is 0 Å². The largest absolute Gasteiger partial charge is 0.489 e. The fourth-order valence-corrected chi connectivity index (χ4v) is 4.36. The molecule has 0 saturated carbocycles. The minimum Gasteiger partial charge on any atom is -0.489 e. The van der Waals surface area contributed by atoms with Crippen molar-refractivity contribution in [1.82, 2.24) is 10.0 Å². The van der Waals surface area contributed by atoms with Gasteiger partial charge in [-0.3, -0.25) is 9.80 Å². The van der Waals surface area contributed by atoms with Gasteiger partial charge in [0, 0.05) is 31.8 Å². The smallest absolute Gasteiger partial charge is 0.161 e. The van der Waals surface area contributed by atoms with Gasteiger partial charge < -0.3 is 10.5 Å². The Kier molecular flexibility index (Phi) is 5.97. The van der Waals surface area contributed by atoms with Crippen molar-refractivity contribution >= 4 is 5.78 Å². The van der Waals surface area contributed by atoms with Crippen LogP contribution in [0.15, 0.2) is 71.2 Å². The van der Waals surface area contributed by atoms with Crippen LogP contribution in [0.1, 0.15) is 36.3 Å². The molecule has 4 rings (SSSR count). The highest BCUT2D eigenvalue weighted by Gasteiger charge is 2.40. The second-order valence-electron chi connectivity index (χ2n) is 8.12. The summed E-state index contributed by atoms with van der Waals surface area (Å²) in [7, 11) is 3.69. The van der Waals surface area contributed by atoms with E-state index in [9.17, 15) is 14.4 Å². The SMILES string of the molecule is CN(C)N1C(N)=C(C#N)C(c2ccc(OCc3ccc(F)cc3)cc2)C2=C1CCCC2=O. The third kappa shape index (κ3) is 3.97. The first-order chi connectivity index (χ1) is 15.4. The molecule has 0 bridgehead atoms. The van der Waals surface area contributed by atoms with Gasteiger partial charge in [0.25, 0.3) is 0 Å². The Hall–Kier alpha value is -3.63. The Bertz CT molecular complexity index is 1130. The van der Waals surface area contributed by atoms with Gasteiger partial charge in [0.15, 0.2) is 5.78 Å². The summed E-state index contributed by atoms with van der Waals surface area (Å²) in [5, 5.41) is 13.5. The maximum Gasteiger partial charge on any atom is 0.161 e. The molecule has 32 heavy (non-hydrogen) atoms. The number of nitrogens with two attached hydrogens (primary N) is 1. The fraction of sp³-hybridized carbons (Fsp3) is 0.280. The number of nitriles is 1. The van der Waals surface area contributed by atoms with Crippen molar-refractivity contribution in [3.8, 4) is 11.8 Å². The van der Waals surface area contributed by atoms with E-state index in [2.05, 4.69) is 6.07 Å². The van der Waals surface area contributed by atoms with Gasteiger partial charge in [-0.05, 0) is 48.2 Å². The number of allylic oxidation sites excluding steroid dienone is 3. The summed E-state index contributed by atoms with van der Waals surface area (Å²) in [6, 6.07) is 15.8. The number of hydrogen-bond donors (Lipinski definition) is 1. The van der Waals surface area contributed by atoms with Gasteiger partial charge in [0.05, 0.1) is 17.6 Å². The summed E-state index contributed by atoms with van der Waals surface area (Å²) < 4.78 is 18.9. The Balaban J connectivity index is 1.65. The van der Waals surface area contributed by atoms with Crippen molar-refractivity contribution in [1.29, 1.82) is 5.26 Å². The molecule has 0 radical (unpaired) electrons. The number of benzene rings is 2. The topological polar surface area (TPSA) is 82.6 Å². The average Bonchev–Trinajstić information content (AvgIpc) is 2.78. The summed E-state index contributed by atoms with van der Waals surface area (Å²) in [6.07, 6.45) is 1.96. The molecule has 164 valence electrons. The van der Waals surface area contributed by atoms with Crippen LogP contribution in [0.25, 0.3) is 0 Å². The molecule has 6 nitrogen and oxygen atoms in total. The van der Waals surface area contributed by atoms with E-state index in [0.29, 0.717) is 35.7 Å². The third-order valence-corrected chi connectivity index (χ3v) is 5.82. The fourth-order valence-electron chi connectivity index (χ4n) is 4.36. The molecule has 1 unspecified atom stereocenters. The number of carbonyl (C=O) groups is 1. The molecule has 0 aromatic heterocycles. The lowest BCUT2D eigenvalue weighted by atomic mass is 9.76. The zero-order valence-corrected chi connectivity index (χ0v) is 18.1. The molecule has 2 aromatic carbocycles. The molecule has 0 spiro atoms. The van der Waals surface area contributed by atoms with Crippen molar-refractivity contribution in [3.05, 3.63) is 88.1 Å². The van der Waals surface area contributed by atoms with E-state index in [-0.39, 0.29) is 11.6 Å². The van der Waals surface area contributed by atoms with Crippen LogP contribution in [-0.4, -0.2) is 29.9 Å². The first-order valence-corrected chi connectivity index (χ1v) is 10.5. The summed E-state index contributed by atoms with van der Waals surface area (Å²) in [6.45, 7) is 0.310. The number of hydrogen-bond acceptors (Lipinski definition) is 6. The molecule has 0 fully saturated rings. The average molecular weight is 432 g/mol. The number of ether oxygens (including phenoxy) is 1. The van der Waals surface area contributed by atoms with E-state index < -0.39 is 5.92 Å². The number of halogens is 1. The first-order valence-electron chi connectivity index (χ1n) is 10.5. The second-order valence-corrected chi connectivity index (χ2v) is 8.12. The summed E-state index contributed by atoms with van der Waals surface area (Å²) >= 11 is 0. The zero-order valence-electron chi connectivity index (χ0n) is 18.1. The van der Waals surface area contributed by atoms with E-state index in [1.165, 1.54) is 12.1 Å². The molecule has 2 N–H and O–H groups in total. The zero-order chi connectivity index (χ0) is 22.8. The summed E-state index contributed by atoms with van der Waals surface area (Å²) in [5.41, 5.74) is 9.97. The van der Waals surface area contributed by atoms with Crippen LogP contribution in [0.4, 0.5) is 4.39 Å². The van der Waals surface area contributed by atoms with Crippen LogP contribution in [0.3, 0.4) is 0 Å². The van der Waals surface area contributed by atoms with Gasteiger partial charge in [-0.2, -0.15) is 5.26 Å². The van der Waals surface area contributed by atoms with Crippen LogP contribution in [0.5, 0.6) is 5.75 Å². The normalized spacial score (nSPS) is 18.7. The highest BCUT2D eigenvalue weighted by molar-refractivity contribution is 5.99. The lowest BCUT2D eigenvalue weighted by molar-refractivity contribution is -0.116. The van der Waals surface area contributed by atoms with Crippen LogP contribution in [0.2, 0.25) is 0 Å². The van der Waals surface area contributed by atoms with Crippen molar-refractivity contribution < 1.29 is 13.9 Å². The number of nitrogens with zero attached hydrogens (tertiary/aromatic N) is 3. The molecular weight excluding hydrogens is 407 g/mol. The van der Waals surface area contributed by atoms with Gasteiger partial charge in [-0.15, -0.1) is 0 Å². The predicted molar refractivity (Wildman–Crippen MR) is 118 cm³/mol. The molecule has 1 heterocycles. The number of rotatable bonds is 5. The van der Waals surface area contributed by atoms with Crippen molar-refractivity contribution in [3.63, 3.8) is 0 Å². The van der Waals surface area contributed by atoms with Gasteiger partial charge >= 0.3 is 0 Å². The summed E-state index contributed by atoms with van der Waals surface area (Å²) in [4.78, 5) is 13.0. The van der Waals surface area contributed by atoms with Gasteiger partial charge in [-0.25, -0.2) is 9.40 Å². The van der Waals surface area contributed by atoms with Crippen molar-refractivity contribution in [2.24, 2.45) is 5.73 Å². The van der Waals surface area contributed by atoms with Crippen molar-refractivity contribution in [2.75, 3.05) is 14.1 Å². The van der Waals surface area contributed by atoms with Gasteiger partial charge in [-0.1, -0.05) is 24.3 Å². The lowest BCUT2D eigenvalue weighted by Gasteiger charge is -2.42. The van der Waals surface area contributed by atoms with Gasteiger partial charge in [0.2, 0.25) is 0 Å². The van der Waals surface area contributed by atoms with Gasteiger partial charge in [0.1, 0.15) is 24.0 Å². The number of ketones is 1. The Labute approximate surface area is 187 Å². The molecule has 1 atom stereocenters. The molecule has 2 aromatic rings. The van der Waals surface area contributed by atoms with E-state index in [4.69, 9.17) is 10.5 Å². The van der Waals surface area contributed by atoms with Crippen LogP contribution in [-0.2, 0) is 11.4 Å². The Morgan fingerprint density at radius 2 is 1.84 bits per heavy atom. The van der Waals surface area contributed by atoms with Crippen molar-refractivity contribution in [2.45, 2.75) is 31.8 Å². The molecule has 1 aliphatic heterocycles. The van der Waals surface area contributed by atoms with E-state index in [0.717, 1.165) is 29.7 Å². The highest BCUT2D eigenvalue weighted by atomic mass is 19.1. The van der Waals surface area contributed by atoms with Crippen LogP contribution >= 0.6 is 0 Å². The Morgan fingerprint density at radius 1 is 1.16 bits per heavy atom.